The fourth-order valence-corrected chi connectivity index (χ4v) is 4.49. The van der Waals surface area contributed by atoms with Gasteiger partial charge in [0.2, 0.25) is 17.3 Å². The summed E-state index contributed by atoms with van der Waals surface area (Å²) in [7, 11) is 0. The van der Waals surface area contributed by atoms with Crippen molar-refractivity contribution in [3.05, 3.63) is 76.3 Å². The molecule has 0 aromatic heterocycles. The van der Waals surface area contributed by atoms with Crippen LogP contribution >= 0.6 is 15.9 Å². The van der Waals surface area contributed by atoms with Crippen LogP contribution in [0.2, 0.25) is 0 Å². The SMILES string of the molecule is CC(=O)C(=O)C(CCCCN=C(N)N)CC(=O)C(=O)c1cc(Br)ccc1NC(=O)c1ccc2ccccc2c1. The number of unbranched alkanes of at least 4 members (excludes halogenated alkanes) is 1. The Labute approximate surface area is 234 Å². The fourth-order valence-electron chi connectivity index (χ4n) is 4.13. The zero-order chi connectivity index (χ0) is 28.5. The van der Waals surface area contributed by atoms with E-state index in [1.807, 2.05) is 30.3 Å². The van der Waals surface area contributed by atoms with Crippen molar-refractivity contribution < 1.29 is 24.0 Å². The van der Waals surface area contributed by atoms with E-state index in [9.17, 15) is 24.0 Å². The number of aliphatic imine (C=N–C) groups is 1. The zero-order valence-corrected chi connectivity index (χ0v) is 23.0. The molecule has 39 heavy (non-hydrogen) atoms. The zero-order valence-electron chi connectivity index (χ0n) is 21.4. The van der Waals surface area contributed by atoms with E-state index in [0.29, 0.717) is 29.4 Å². The summed E-state index contributed by atoms with van der Waals surface area (Å²) < 4.78 is 0.526. The molecule has 0 saturated carbocycles. The quantitative estimate of drug-likeness (QED) is 0.0879. The summed E-state index contributed by atoms with van der Waals surface area (Å²) in [6, 6.07) is 17.4. The van der Waals surface area contributed by atoms with Gasteiger partial charge in [-0.1, -0.05) is 52.7 Å². The average Bonchev–Trinajstić information content (AvgIpc) is 2.91. The molecule has 3 aromatic carbocycles. The summed E-state index contributed by atoms with van der Waals surface area (Å²) in [5, 5.41) is 4.58. The van der Waals surface area contributed by atoms with Crippen LogP contribution in [0.3, 0.4) is 0 Å². The third-order valence-corrected chi connectivity index (χ3v) is 6.64. The maximum absolute atomic E-state index is 13.2. The Bertz CT molecular complexity index is 1460. The summed E-state index contributed by atoms with van der Waals surface area (Å²) in [5.74, 6) is -4.54. The number of rotatable bonds is 13. The van der Waals surface area contributed by atoms with Crippen LogP contribution in [0, 0.1) is 5.92 Å². The molecular formula is C29H29BrN4O5. The van der Waals surface area contributed by atoms with Crippen LogP contribution in [-0.4, -0.2) is 41.5 Å². The number of hydrogen-bond donors (Lipinski definition) is 3. The van der Waals surface area contributed by atoms with E-state index in [4.69, 9.17) is 11.5 Å². The number of nitrogens with two attached hydrogens (primary N) is 2. The van der Waals surface area contributed by atoms with Gasteiger partial charge >= 0.3 is 0 Å². The van der Waals surface area contributed by atoms with Crippen molar-refractivity contribution in [3.63, 3.8) is 0 Å². The monoisotopic (exact) mass is 592 g/mol. The highest BCUT2D eigenvalue weighted by Crippen LogP contribution is 2.25. The maximum Gasteiger partial charge on any atom is 0.255 e. The maximum atomic E-state index is 13.2. The van der Waals surface area contributed by atoms with E-state index >= 15 is 0 Å². The second kappa shape index (κ2) is 13.6. The van der Waals surface area contributed by atoms with Crippen molar-refractivity contribution in [2.45, 2.75) is 32.6 Å². The molecule has 0 radical (unpaired) electrons. The largest absolute Gasteiger partial charge is 0.370 e. The Morgan fingerprint density at radius 3 is 2.33 bits per heavy atom. The van der Waals surface area contributed by atoms with E-state index in [0.717, 1.165) is 17.7 Å². The summed E-state index contributed by atoms with van der Waals surface area (Å²) >= 11 is 3.30. The molecule has 9 nitrogen and oxygen atoms in total. The molecule has 1 amide bonds. The number of amides is 1. The lowest BCUT2D eigenvalue weighted by Gasteiger charge is -2.15. The molecule has 0 bridgehead atoms. The van der Waals surface area contributed by atoms with Crippen molar-refractivity contribution >= 4 is 67.4 Å². The lowest BCUT2D eigenvalue weighted by Crippen LogP contribution is -2.28. The van der Waals surface area contributed by atoms with Crippen molar-refractivity contribution in [1.82, 2.24) is 0 Å². The predicted molar refractivity (Wildman–Crippen MR) is 154 cm³/mol. The molecule has 0 fully saturated rings. The van der Waals surface area contributed by atoms with Gasteiger partial charge in [-0.05, 0) is 53.9 Å². The first-order valence-electron chi connectivity index (χ1n) is 12.3. The van der Waals surface area contributed by atoms with E-state index < -0.39 is 41.4 Å². The topological polar surface area (TPSA) is 162 Å². The Balaban J connectivity index is 1.77. The van der Waals surface area contributed by atoms with Gasteiger partial charge in [0.15, 0.2) is 11.7 Å². The summed E-state index contributed by atoms with van der Waals surface area (Å²) in [4.78, 5) is 67.4. The number of halogens is 1. The number of fused-ring (bicyclic) bond motifs is 1. The standard InChI is InChI=1S/C29H29BrN4O5/c1-17(35)26(37)20(8-4-5-13-33-29(31)32)15-25(36)27(38)23-16-22(30)11-12-24(23)34-28(39)21-10-9-18-6-2-3-7-19(18)14-21/h2-3,6-7,9-12,14,16,20H,4-5,8,13,15H2,1H3,(H,34,39)(H4,31,32,33). The molecule has 202 valence electrons. The lowest BCUT2D eigenvalue weighted by molar-refractivity contribution is -0.138. The number of guanidine groups is 1. The predicted octanol–water partition coefficient (Wildman–Crippen LogP) is 4.21. The van der Waals surface area contributed by atoms with Gasteiger partial charge in [0, 0.05) is 35.8 Å². The van der Waals surface area contributed by atoms with Crippen molar-refractivity contribution in [2.24, 2.45) is 22.4 Å². The molecule has 0 heterocycles. The van der Waals surface area contributed by atoms with E-state index in [1.165, 1.54) is 12.1 Å². The molecule has 0 spiro atoms. The fraction of sp³-hybridized carbons (Fsp3) is 0.241. The second-order valence-electron chi connectivity index (χ2n) is 9.08. The number of nitrogens with one attached hydrogen (secondary N) is 1. The van der Waals surface area contributed by atoms with Gasteiger partial charge in [0.1, 0.15) is 0 Å². The molecular weight excluding hydrogens is 564 g/mol. The van der Waals surface area contributed by atoms with Crippen LogP contribution in [0.5, 0.6) is 0 Å². The number of nitrogens with zero attached hydrogens (tertiary/aromatic N) is 1. The molecule has 0 saturated heterocycles. The molecule has 1 atom stereocenters. The van der Waals surface area contributed by atoms with E-state index in [1.54, 1.807) is 18.2 Å². The van der Waals surface area contributed by atoms with Gasteiger partial charge in [-0.15, -0.1) is 0 Å². The number of carbonyl (C=O) groups is 5. The molecule has 3 rings (SSSR count). The highest BCUT2D eigenvalue weighted by molar-refractivity contribution is 9.10. The van der Waals surface area contributed by atoms with Gasteiger partial charge in [0.05, 0.1) is 11.3 Å². The minimum atomic E-state index is -0.944. The molecule has 0 aliphatic rings. The number of carbonyl (C=O) groups excluding carboxylic acids is 5. The second-order valence-corrected chi connectivity index (χ2v) is 10.00. The highest BCUT2D eigenvalue weighted by Gasteiger charge is 2.29. The number of ketones is 4. The van der Waals surface area contributed by atoms with Crippen molar-refractivity contribution in [1.29, 1.82) is 0 Å². The van der Waals surface area contributed by atoms with Crippen LogP contribution in [0.25, 0.3) is 10.8 Å². The van der Waals surface area contributed by atoms with Crippen molar-refractivity contribution in [2.75, 3.05) is 11.9 Å². The lowest BCUT2D eigenvalue weighted by atomic mass is 9.88. The smallest absolute Gasteiger partial charge is 0.255 e. The Morgan fingerprint density at radius 1 is 0.923 bits per heavy atom. The van der Waals surface area contributed by atoms with Crippen molar-refractivity contribution in [3.8, 4) is 0 Å². The first-order chi connectivity index (χ1) is 18.6. The number of anilines is 1. The number of Topliss-reactive ketones (excluding diaryl/α,β-unsaturated/α-hetero) is 4. The van der Waals surface area contributed by atoms with Crippen LogP contribution in [0.4, 0.5) is 5.69 Å². The summed E-state index contributed by atoms with van der Waals surface area (Å²) in [5.41, 5.74) is 11.1. The third-order valence-electron chi connectivity index (χ3n) is 6.14. The summed E-state index contributed by atoms with van der Waals surface area (Å²) in [6.45, 7) is 1.48. The van der Waals surface area contributed by atoms with Gasteiger partial charge in [-0.3, -0.25) is 29.0 Å². The first kappa shape index (κ1) is 29.4. The first-order valence-corrected chi connectivity index (χ1v) is 13.1. The van der Waals surface area contributed by atoms with Crippen LogP contribution in [0.15, 0.2) is 70.1 Å². The van der Waals surface area contributed by atoms with Gasteiger partial charge in [-0.25, -0.2) is 0 Å². The minimum absolute atomic E-state index is 0.0229. The number of hydrogen-bond acceptors (Lipinski definition) is 6. The average molecular weight is 593 g/mol. The molecule has 0 aliphatic heterocycles. The van der Waals surface area contributed by atoms with Crippen LogP contribution in [-0.2, 0) is 14.4 Å². The minimum Gasteiger partial charge on any atom is -0.370 e. The van der Waals surface area contributed by atoms with E-state index in [-0.39, 0.29) is 23.6 Å². The van der Waals surface area contributed by atoms with Gasteiger partial charge in [-0.2, -0.15) is 0 Å². The Hall–Kier alpha value is -4.18. The highest BCUT2D eigenvalue weighted by atomic mass is 79.9. The normalized spacial score (nSPS) is 11.4. The van der Waals surface area contributed by atoms with E-state index in [2.05, 4.69) is 26.2 Å². The van der Waals surface area contributed by atoms with Crippen LogP contribution < -0.4 is 16.8 Å². The summed E-state index contributed by atoms with van der Waals surface area (Å²) in [6.07, 6.45) is 0.815. The molecule has 5 N–H and O–H groups in total. The number of benzene rings is 3. The third kappa shape index (κ3) is 8.15. The van der Waals surface area contributed by atoms with Gasteiger partial charge in [0.25, 0.3) is 5.91 Å². The Kier molecular flexibility index (Phi) is 10.2. The van der Waals surface area contributed by atoms with Gasteiger partial charge < -0.3 is 16.8 Å². The molecule has 0 aliphatic carbocycles. The van der Waals surface area contributed by atoms with Crippen LogP contribution in [0.1, 0.15) is 53.3 Å². The molecule has 3 aromatic rings. The molecule has 1 unspecified atom stereocenters. The molecule has 10 heteroatoms. The Morgan fingerprint density at radius 2 is 1.64 bits per heavy atom.